The van der Waals surface area contributed by atoms with Crippen LogP contribution in [-0.2, 0) is 9.53 Å². The van der Waals surface area contributed by atoms with Crippen molar-refractivity contribution in [2.75, 3.05) is 12.4 Å². The number of anilines is 1. The molecule has 4 aromatic carbocycles. The van der Waals surface area contributed by atoms with E-state index in [1.54, 1.807) is 31.4 Å². The van der Waals surface area contributed by atoms with Gasteiger partial charge in [-0.3, -0.25) is 10.1 Å². The lowest BCUT2D eigenvalue weighted by molar-refractivity contribution is -0.124. The van der Waals surface area contributed by atoms with Crippen molar-refractivity contribution in [2.45, 2.75) is 19.4 Å². The summed E-state index contributed by atoms with van der Waals surface area (Å²) in [6.45, 7) is 1.80. The van der Waals surface area contributed by atoms with Gasteiger partial charge in [0.25, 0.3) is 5.91 Å². The molecule has 0 aliphatic heterocycles. The zero-order valence-electron chi connectivity index (χ0n) is 22.3. The Balaban J connectivity index is 1.25. The average Bonchev–Trinajstić information content (AvgIpc) is 3.66. The first kappa shape index (κ1) is 26.6. The number of para-hydroxylation sites is 2. The molecular weight excluding hydrogens is 555 g/mol. The summed E-state index contributed by atoms with van der Waals surface area (Å²) in [5.74, 6) is -0.315. The number of amides is 1. The second kappa shape index (κ2) is 11.5. The molecule has 0 bridgehead atoms. The van der Waals surface area contributed by atoms with Gasteiger partial charge in [0.2, 0.25) is 0 Å². The van der Waals surface area contributed by atoms with Gasteiger partial charge in [-0.25, -0.2) is 14.8 Å². The number of fused-ring (bicyclic) bond motifs is 2. The highest BCUT2D eigenvalue weighted by atomic mass is 32.1. The lowest BCUT2D eigenvalue weighted by Crippen LogP contribution is -2.32. The zero-order valence-corrected chi connectivity index (χ0v) is 23.9. The fraction of sp³-hybridized carbons (Fsp3) is 0.125. The Morgan fingerprint density at radius 3 is 2.46 bits per heavy atom. The van der Waals surface area contributed by atoms with Crippen molar-refractivity contribution in [3.63, 3.8) is 0 Å². The lowest BCUT2D eigenvalue weighted by atomic mass is 9.99. The number of carbonyl (C=O) groups is 2. The van der Waals surface area contributed by atoms with Gasteiger partial charge in [0, 0.05) is 21.9 Å². The van der Waals surface area contributed by atoms with Crippen molar-refractivity contribution in [3.05, 3.63) is 95.9 Å². The number of methoxy groups -OCH3 is 1. The maximum absolute atomic E-state index is 13.6. The molecule has 2 aromatic heterocycles. The Labute approximate surface area is 244 Å². The highest BCUT2D eigenvalue weighted by molar-refractivity contribution is 7.21. The Bertz CT molecular complexity index is 1860. The van der Waals surface area contributed by atoms with Crippen LogP contribution in [0.2, 0.25) is 0 Å². The van der Waals surface area contributed by atoms with Gasteiger partial charge in [-0.05, 0) is 42.1 Å². The van der Waals surface area contributed by atoms with Crippen LogP contribution in [0.15, 0.2) is 90.3 Å². The molecule has 0 fully saturated rings. The van der Waals surface area contributed by atoms with E-state index in [9.17, 15) is 9.59 Å². The summed E-state index contributed by atoms with van der Waals surface area (Å²) in [5, 5.41) is 7.52. The molecule has 0 aliphatic carbocycles. The number of thiazole rings is 2. The van der Waals surface area contributed by atoms with Gasteiger partial charge in [0.15, 0.2) is 11.2 Å². The summed E-state index contributed by atoms with van der Waals surface area (Å²) in [6, 6.07) is 26.9. The van der Waals surface area contributed by atoms with Gasteiger partial charge in [-0.2, -0.15) is 0 Å². The number of benzene rings is 4. The molecule has 204 valence electrons. The SMILES string of the molecule is CCC(OC(=O)c1cccc2cccc(-c3nc4ccccc4s3)c12)C(=O)Nc1nc(-c2ccccc2OC)cs1. The van der Waals surface area contributed by atoms with E-state index in [1.165, 1.54) is 11.3 Å². The number of nitrogens with zero attached hydrogens (tertiary/aromatic N) is 2. The molecule has 6 aromatic rings. The van der Waals surface area contributed by atoms with E-state index in [2.05, 4.69) is 10.3 Å². The Hall–Kier alpha value is -4.60. The molecule has 41 heavy (non-hydrogen) atoms. The fourth-order valence-corrected chi connectivity index (χ4v) is 6.40. The van der Waals surface area contributed by atoms with Crippen molar-refractivity contribution < 1.29 is 19.1 Å². The van der Waals surface area contributed by atoms with E-state index in [0.717, 1.165) is 37.1 Å². The normalized spacial score (nSPS) is 11.9. The van der Waals surface area contributed by atoms with Gasteiger partial charge < -0.3 is 9.47 Å². The van der Waals surface area contributed by atoms with Gasteiger partial charge in [0.1, 0.15) is 10.8 Å². The van der Waals surface area contributed by atoms with E-state index in [0.29, 0.717) is 28.6 Å². The molecular formula is C32H25N3O4S2. The minimum atomic E-state index is -0.994. The van der Waals surface area contributed by atoms with Gasteiger partial charge in [-0.15, -0.1) is 22.7 Å². The van der Waals surface area contributed by atoms with Crippen LogP contribution in [0.25, 0.3) is 42.8 Å². The number of carbonyl (C=O) groups excluding carboxylic acids is 2. The van der Waals surface area contributed by atoms with Crippen molar-refractivity contribution >= 4 is 60.7 Å². The predicted molar refractivity (Wildman–Crippen MR) is 165 cm³/mol. The second-order valence-corrected chi connectivity index (χ2v) is 11.1. The molecule has 1 amide bonds. The predicted octanol–water partition coefficient (Wildman–Crippen LogP) is 7.82. The Morgan fingerprint density at radius 1 is 0.902 bits per heavy atom. The highest BCUT2D eigenvalue weighted by Crippen LogP contribution is 2.37. The Morgan fingerprint density at radius 2 is 1.66 bits per heavy atom. The third-order valence-electron chi connectivity index (χ3n) is 6.68. The summed E-state index contributed by atoms with van der Waals surface area (Å²) in [4.78, 5) is 36.1. The van der Waals surface area contributed by atoms with Crippen LogP contribution < -0.4 is 10.1 Å². The summed E-state index contributed by atoms with van der Waals surface area (Å²) in [5.41, 5.74) is 3.65. The monoisotopic (exact) mass is 579 g/mol. The number of ether oxygens (including phenoxy) is 2. The molecule has 0 spiro atoms. The Kier molecular flexibility index (Phi) is 7.45. The van der Waals surface area contributed by atoms with Crippen LogP contribution in [0.3, 0.4) is 0 Å². The summed E-state index contributed by atoms with van der Waals surface area (Å²) < 4.78 is 12.3. The largest absolute Gasteiger partial charge is 0.496 e. The summed E-state index contributed by atoms with van der Waals surface area (Å²) in [6.07, 6.45) is -0.691. The summed E-state index contributed by atoms with van der Waals surface area (Å²) >= 11 is 2.86. The van der Waals surface area contributed by atoms with Crippen LogP contribution in [0.4, 0.5) is 5.13 Å². The maximum atomic E-state index is 13.6. The number of hydrogen-bond acceptors (Lipinski definition) is 8. The third kappa shape index (κ3) is 5.29. The van der Waals surface area contributed by atoms with E-state index >= 15 is 0 Å². The number of esters is 1. The van der Waals surface area contributed by atoms with Crippen LogP contribution in [0.5, 0.6) is 5.75 Å². The summed E-state index contributed by atoms with van der Waals surface area (Å²) in [7, 11) is 1.60. The first-order chi connectivity index (χ1) is 20.1. The molecule has 6 rings (SSSR count). The minimum Gasteiger partial charge on any atom is -0.496 e. The van der Waals surface area contributed by atoms with E-state index in [-0.39, 0.29) is 0 Å². The molecule has 1 unspecified atom stereocenters. The number of hydrogen-bond donors (Lipinski definition) is 1. The van der Waals surface area contributed by atoms with Crippen molar-refractivity contribution in [3.8, 4) is 27.6 Å². The van der Waals surface area contributed by atoms with Crippen molar-refractivity contribution in [2.24, 2.45) is 0 Å². The van der Waals surface area contributed by atoms with Crippen LogP contribution in [-0.4, -0.2) is 35.1 Å². The van der Waals surface area contributed by atoms with Gasteiger partial charge in [0.05, 0.1) is 28.6 Å². The standard InChI is InChI=1S/C32H25N3O4S2/c1-3-25(29(36)35-32-34-24(18-40-32)20-12-4-6-16-26(20)38-2)39-31(37)22-14-9-11-19-10-8-13-21(28(19)22)30-33-23-15-5-7-17-27(23)41-30/h4-18,25H,3H2,1-2H3,(H,34,35,36). The van der Waals surface area contributed by atoms with Crippen LogP contribution in [0, 0.1) is 0 Å². The quantitative estimate of drug-likeness (QED) is 0.185. The average molecular weight is 580 g/mol. The topological polar surface area (TPSA) is 90.4 Å². The van der Waals surface area contributed by atoms with Crippen molar-refractivity contribution in [1.82, 2.24) is 9.97 Å². The minimum absolute atomic E-state index is 0.303. The number of rotatable bonds is 8. The van der Waals surface area contributed by atoms with E-state index in [4.69, 9.17) is 14.5 Å². The molecule has 1 N–H and O–H groups in total. The number of aromatic nitrogens is 2. The fourth-order valence-electron chi connectivity index (χ4n) is 4.69. The molecule has 1 atom stereocenters. The van der Waals surface area contributed by atoms with Crippen molar-refractivity contribution in [1.29, 1.82) is 0 Å². The molecule has 9 heteroatoms. The first-order valence-corrected chi connectivity index (χ1v) is 14.7. The van der Waals surface area contributed by atoms with E-state index in [1.807, 2.05) is 84.2 Å². The highest BCUT2D eigenvalue weighted by Gasteiger charge is 2.25. The molecule has 2 heterocycles. The molecule has 7 nitrogen and oxygen atoms in total. The zero-order chi connectivity index (χ0) is 28.3. The molecule has 0 saturated carbocycles. The third-order valence-corrected chi connectivity index (χ3v) is 8.51. The van der Waals surface area contributed by atoms with Crippen LogP contribution >= 0.6 is 22.7 Å². The second-order valence-electron chi connectivity index (χ2n) is 9.23. The molecule has 0 radical (unpaired) electrons. The maximum Gasteiger partial charge on any atom is 0.339 e. The molecule has 0 aliphatic rings. The van der Waals surface area contributed by atoms with Crippen LogP contribution in [0.1, 0.15) is 23.7 Å². The first-order valence-electron chi connectivity index (χ1n) is 13.0. The molecule has 0 saturated heterocycles. The van der Waals surface area contributed by atoms with Gasteiger partial charge in [-0.1, -0.05) is 61.5 Å². The smallest absolute Gasteiger partial charge is 0.339 e. The van der Waals surface area contributed by atoms with E-state index < -0.39 is 18.0 Å². The number of nitrogens with one attached hydrogen (secondary N) is 1. The lowest BCUT2D eigenvalue weighted by Gasteiger charge is -2.16. The van der Waals surface area contributed by atoms with Gasteiger partial charge >= 0.3 is 5.97 Å².